The van der Waals surface area contributed by atoms with Gasteiger partial charge in [0.25, 0.3) is 0 Å². The van der Waals surface area contributed by atoms with E-state index in [1.54, 1.807) is 23.7 Å². The minimum atomic E-state index is 0. The van der Waals surface area contributed by atoms with Crippen LogP contribution < -0.4 is 0 Å². The van der Waals surface area contributed by atoms with E-state index in [-0.39, 0.29) is 21.7 Å². The molecule has 0 amide bonds. The average Bonchev–Trinajstić information content (AvgIpc) is 3.74. The third kappa shape index (κ3) is 5.67. The fourth-order valence-electron chi connectivity index (χ4n) is 9.81. The summed E-state index contributed by atoms with van der Waals surface area (Å²) >= 11 is 0. The molecule has 8 aliphatic carbocycles. The maximum atomic E-state index is 4.17. The molecule has 0 nitrogen and oxygen atoms in total. The second-order valence-corrected chi connectivity index (χ2v) is 16.8. The average molecular weight is 589 g/mol. The van der Waals surface area contributed by atoms with Crippen LogP contribution in [-0.4, -0.2) is 0 Å². The zero-order chi connectivity index (χ0) is 29.4. The van der Waals surface area contributed by atoms with Gasteiger partial charge >= 0.3 is 21.7 Å². The van der Waals surface area contributed by atoms with Crippen molar-refractivity contribution in [1.29, 1.82) is 0 Å². The second kappa shape index (κ2) is 11.6. The summed E-state index contributed by atoms with van der Waals surface area (Å²) in [5.74, 6) is 10.4. The molecule has 8 bridgehead atoms. The predicted molar refractivity (Wildman–Crippen MR) is 174 cm³/mol. The largest absolute Gasteiger partial charge is 4.00 e. The number of fused-ring (bicyclic) bond motifs is 8. The molecule has 0 aromatic carbocycles. The second-order valence-electron chi connectivity index (χ2n) is 16.8. The van der Waals surface area contributed by atoms with Gasteiger partial charge in [-0.25, -0.2) is 0 Å². The summed E-state index contributed by atoms with van der Waals surface area (Å²) in [5, 5.41) is 0. The van der Waals surface area contributed by atoms with E-state index in [0.29, 0.717) is 21.7 Å². The third-order valence-corrected chi connectivity index (χ3v) is 13.9. The van der Waals surface area contributed by atoms with Crippen molar-refractivity contribution in [2.24, 2.45) is 45.3 Å². The molecule has 0 spiro atoms. The summed E-state index contributed by atoms with van der Waals surface area (Å²) in [5.41, 5.74) is 7.54. The Labute approximate surface area is 270 Å². The Morgan fingerprint density at radius 3 is 0.659 bits per heavy atom. The van der Waals surface area contributed by atoms with Crippen LogP contribution in [0.15, 0.2) is 48.6 Å². The quantitative estimate of drug-likeness (QED) is 0.150. The molecule has 8 rings (SSSR count). The standard InChI is InChI=1S/4C10H15.Ti/c4*1-7-8-4-5-9(6-8)10(7,2)3;/h4*8H,1,4-6H2,2-3H3;/q4*-1;+4. The molecule has 0 aromatic rings. The monoisotopic (exact) mass is 588 g/mol. The molecule has 0 N–H and O–H groups in total. The van der Waals surface area contributed by atoms with E-state index in [4.69, 9.17) is 0 Å². The molecular formula is C40H60Ti. The van der Waals surface area contributed by atoms with Gasteiger partial charge in [0.2, 0.25) is 0 Å². The Hall–Kier alpha value is -0.326. The first kappa shape index (κ1) is 33.6. The van der Waals surface area contributed by atoms with Crippen molar-refractivity contribution >= 4 is 0 Å². The first-order valence-electron chi connectivity index (χ1n) is 16.7. The van der Waals surface area contributed by atoms with Crippen molar-refractivity contribution in [2.45, 2.75) is 132 Å². The Bertz CT molecular complexity index is 881. The van der Waals surface area contributed by atoms with Crippen molar-refractivity contribution in [3.05, 3.63) is 72.3 Å². The molecule has 8 fully saturated rings. The van der Waals surface area contributed by atoms with Crippen LogP contribution in [0.2, 0.25) is 0 Å². The van der Waals surface area contributed by atoms with Crippen molar-refractivity contribution in [1.82, 2.24) is 0 Å². The molecule has 8 saturated carbocycles. The maximum Gasteiger partial charge on any atom is 4.00 e. The van der Waals surface area contributed by atoms with Gasteiger partial charge < -0.3 is 23.7 Å². The molecule has 1 heteroatoms. The molecule has 4 atom stereocenters. The SMILES string of the molecule is C=C1C2CC[C-](C2)C1(C)C.C=C1C2CC[C-](C2)C1(C)C.C=C1C2CC[C-](C2)C1(C)C.C=C1C2CC[C-](C2)C1(C)C.[Ti+4]. The summed E-state index contributed by atoms with van der Waals surface area (Å²) in [6.45, 7) is 35.3. The van der Waals surface area contributed by atoms with E-state index >= 15 is 0 Å². The van der Waals surface area contributed by atoms with Gasteiger partial charge in [-0.2, -0.15) is 51.4 Å². The van der Waals surface area contributed by atoms with Gasteiger partial charge in [0.15, 0.2) is 0 Å². The van der Waals surface area contributed by atoms with Crippen LogP contribution in [0.25, 0.3) is 0 Å². The summed E-state index contributed by atoms with van der Waals surface area (Å²) in [4.78, 5) is 0. The fraction of sp³-hybridized carbons (Fsp3) is 0.700. The topological polar surface area (TPSA) is 0 Å². The summed E-state index contributed by atoms with van der Waals surface area (Å²) < 4.78 is 0. The van der Waals surface area contributed by atoms with Gasteiger partial charge in [0.05, 0.1) is 0 Å². The van der Waals surface area contributed by atoms with Gasteiger partial charge in [-0.3, -0.25) is 0 Å². The first-order chi connectivity index (χ1) is 18.5. The smallest absolute Gasteiger partial charge is 0.304 e. The van der Waals surface area contributed by atoms with Gasteiger partial charge in [-0.1, -0.05) is 105 Å². The van der Waals surface area contributed by atoms with Gasteiger partial charge in [0, 0.05) is 0 Å². The van der Waals surface area contributed by atoms with Crippen LogP contribution in [0.4, 0.5) is 0 Å². The van der Waals surface area contributed by atoms with Crippen LogP contribution in [0.1, 0.15) is 132 Å². The molecule has 4 unspecified atom stereocenters. The van der Waals surface area contributed by atoms with Crippen molar-refractivity contribution in [3.8, 4) is 0 Å². The van der Waals surface area contributed by atoms with Crippen molar-refractivity contribution in [2.75, 3.05) is 0 Å². The molecule has 8 aliphatic rings. The molecular weight excluding hydrogens is 528 g/mol. The third-order valence-electron chi connectivity index (χ3n) is 13.9. The van der Waals surface area contributed by atoms with E-state index in [1.807, 2.05) is 0 Å². The van der Waals surface area contributed by atoms with E-state index in [9.17, 15) is 0 Å². The first-order valence-corrected chi connectivity index (χ1v) is 16.7. The zero-order valence-electron chi connectivity index (χ0n) is 28.1. The zero-order valence-corrected chi connectivity index (χ0v) is 29.7. The summed E-state index contributed by atoms with van der Waals surface area (Å²) in [6, 6.07) is 0. The predicted octanol–water partition coefficient (Wildman–Crippen LogP) is 11.8. The number of rotatable bonds is 0. The Balaban J connectivity index is 0.000000125. The van der Waals surface area contributed by atoms with E-state index in [0.717, 1.165) is 23.7 Å². The van der Waals surface area contributed by atoms with Gasteiger partial charge in [-0.05, 0) is 0 Å². The van der Waals surface area contributed by atoms with Crippen LogP contribution in [-0.2, 0) is 21.7 Å². The number of allylic oxidation sites excluding steroid dienone is 4. The summed E-state index contributed by atoms with van der Waals surface area (Å²) in [7, 11) is 0. The minimum Gasteiger partial charge on any atom is -0.304 e. The Morgan fingerprint density at radius 1 is 0.415 bits per heavy atom. The van der Waals surface area contributed by atoms with Gasteiger partial charge in [-0.15, -0.1) is 70.3 Å². The molecule has 0 heterocycles. The van der Waals surface area contributed by atoms with E-state index in [2.05, 4.69) is 81.7 Å². The van der Waals surface area contributed by atoms with E-state index < -0.39 is 0 Å². The van der Waals surface area contributed by atoms with Crippen molar-refractivity contribution < 1.29 is 21.7 Å². The van der Waals surface area contributed by atoms with Crippen LogP contribution in [0.3, 0.4) is 0 Å². The molecule has 41 heavy (non-hydrogen) atoms. The minimum absolute atomic E-state index is 0. The molecule has 0 aromatic heterocycles. The maximum absolute atomic E-state index is 4.17. The molecule has 0 aliphatic heterocycles. The Morgan fingerprint density at radius 2 is 0.585 bits per heavy atom. The van der Waals surface area contributed by atoms with E-state index in [1.165, 1.54) is 99.3 Å². The molecule has 224 valence electrons. The Kier molecular flexibility index (Phi) is 9.46. The van der Waals surface area contributed by atoms with Crippen LogP contribution in [0, 0.1) is 69.0 Å². The van der Waals surface area contributed by atoms with Crippen LogP contribution >= 0.6 is 0 Å². The van der Waals surface area contributed by atoms with Crippen molar-refractivity contribution in [3.63, 3.8) is 0 Å². The number of hydrogen-bond donors (Lipinski definition) is 0. The fourth-order valence-corrected chi connectivity index (χ4v) is 9.81. The molecule has 0 saturated heterocycles. The van der Waals surface area contributed by atoms with Gasteiger partial charge in [0.1, 0.15) is 0 Å². The molecule has 0 radical (unpaired) electrons. The number of hydrogen-bond acceptors (Lipinski definition) is 0. The summed E-state index contributed by atoms with van der Waals surface area (Å²) in [6.07, 6.45) is 16.4. The normalized spacial score (nSPS) is 36.5. The van der Waals surface area contributed by atoms with Crippen LogP contribution in [0.5, 0.6) is 0 Å².